The first-order chi connectivity index (χ1) is 9.49. The van der Waals surface area contributed by atoms with Crippen molar-refractivity contribution >= 4 is 0 Å². The molecule has 0 saturated heterocycles. The van der Waals surface area contributed by atoms with Crippen molar-refractivity contribution in [2.24, 2.45) is 0 Å². The van der Waals surface area contributed by atoms with Gasteiger partial charge in [-0.3, -0.25) is 0 Å². The zero-order chi connectivity index (χ0) is 14.7. The van der Waals surface area contributed by atoms with Crippen LogP contribution in [0, 0.1) is 11.8 Å². The van der Waals surface area contributed by atoms with Gasteiger partial charge in [0.05, 0.1) is 7.11 Å². The Kier molecular flexibility index (Phi) is 3.58. The van der Waals surface area contributed by atoms with Crippen LogP contribution in [-0.4, -0.2) is 27.5 Å². The predicted octanol–water partition coefficient (Wildman–Crippen LogP) is 1.92. The van der Waals surface area contributed by atoms with Crippen molar-refractivity contribution < 1.29 is 25.2 Å². The molecule has 102 valence electrons. The quantitative estimate of drug-likeness (QED) is 0.470. The van der Waals surface area contributed by atoms with Gasteiger partial charge in [-0.1, -0.05) is 11.8 Å². The molecule has 5 heteroatoms. The van der Waals surface area contributed by atoms with Gasteiger partial charge in [0.15, 0.2) is 11.5 Å². The largest absolute Gasteiger partial charge is 0.508 e. The molecule has 0 spiro atoms. The van der Waals surface area contributed by atoms with Crippen molar-refractivity contribution in [2.75, 3.05) is 7.11 Å². The van der Waals surface area contributed by atoms with E-state index in [0.717, 1.165) is 0 Å². The van der Waals surface area contributed by atoms with E-state index in [1.165, 1.54) is 37.4 Å². The Morgan fingerprint density at radius 1 is 0.800 bits per heavy atom. The predicted molar refractivity (Wildman–Crippen MR) is 72.1 cm³/mol. The summed E-state index contributed by atoms with van der Waals surface area (Å²) in [6.07, 6.45) is 0. The van der Waals surface area contributed by atoms with Crippen LogP contribution in [0.15, 0.2) is 30.3 Å². The number of rotatable bonds is 1. The van der Waals surface area contributed by atoms with E-state index in [9.17, 15) is 20.4 Å². The highest BCUT2D eigenvalue weighted by Crippen LogP contribution is 2.35. The van der Waals surface area contributed by atoms with Crippen LogP contribution in [0.5, 0.6) is 28.7 Å². The van der Waals surface area contributed by atoms with Crippen LogP contribution in [-0.2, 0) is 0 Å². The summed E-state index contributed by atoms with van der Waals surface area (Å²) < 4.78 is 4.90. The van der Waals surface area contributed by atoms with Crippen molar-refractivity contribution in [1.29, 1.82) is 0 Å². The lowest BCUT2D eigenvalue weighted by molar-refractivity contribution is 0.351. The fourth-order valence-electron chi connectivity index (χ4n) is 1.63. The van der Waals surface area contributed by atoms with Crippen molar-refractivity contribution in [1.82, 2.24) is 0 Å². The fourth-order valence-corrected chi connectivity index (χ4v) is 1.63. The van der Waals surface area contributed by atoms with Gasteiger partial charge in [-0.2, -0.15) is 0 Å². The Bertz CT molecular complexity index is 690. The maximum absolute atomic E-state index is 9.52. The van der Waals surface area contributed by atoms with Crippen molar-refractivity contribution in [2.45, 2.75) is 0 Å². The smallest absolute Gasteiger partial charge is 0.200 e. The summed E-state index contributed by atoms with van der Waals surface area (Å²) in [5, 5.41) is 37.7. The Labute approximate surface area is 115 Å². The van der Waals surface area contributed by atoms with Gasteiger partial charge in [0.25, 0.3) is 0 Å². The van der Waals surface area contributed by atoms with Gasteiger partial charge in [-0.05, 0) is 24.3 Å². The zero-order valence-electron chi connectivity index (χ0n) is 10.6. The van der Waals surface area contributed by atoms with Gasteiger partial charge in [-0.15, -0.1) is 0 Å². The molecular weight excluding hydrogens is 260 g/mol. The molecule has 2 aromatic carbocycles. The Morgan fingerprint density at radius 2 is 1.35 bits per heavy atom. The third kappa shape index (κ3) is 2.87. The number of benzene rings is 2. The van der Waals surface area contributed by atoms with E-state index in [4.69, 9.17) is 4.74 Å². The first-order valence-corrected chi connectivity index (χ1v) is 5.64. The monoisotopic (exact) mass is 272 g/mol. The maximum atomic E-state index is 9.52. The van der Waals surface area contributed by atoms with Crippen molar-refractivity contribution in [3.8, 4) is 40.6 Å². The highest BCUT2D eigenvalue weighted by molar-refractivity contribution is 5.57. The zero-order valence-corrected chi connectivity index (χ0v) is 10.6. The summed E-state index contributed by atoms with van der Waals surface area (Å²) in [6.45, 7) is 0. The average Bonchev–Trinajstić information content (AvgIpc) is 2.39. The Hall–Kier alpha value is -3.00. The summed E-state index contributed by atoms with van der Waals surface area (Å²) in [6, 6.07) is 6.73. The minimum atomic E-state index is -0.354. The summed E-state index contributed by atoms with van der Waals surface area (Å²) in [5.74, 6) is 4.67. The van der Waals surface area contributed by atoms with Gasteiger partial charge in [0, 0.05) is 17.2 Å². The lowest BCUT2D eigenvalue weighted by atomic mass is 10.1. The molecule has 0 radical (unpaired) electrons. The van der Waals surface area contributed by atoms with Crippen LogP contribution in [0.25, 0.3) is 0 Å². The van der Waals surface area contributed by atoms with Crippen LogP contribution >= 0.6 is 0 Å². The standard InChI is InChI=1S/C15H12O5/c1-20-14-7-10(6-13(18)15(14)19)3-2-9-4-11(16)8-12(17)5-9/h4-8,16-19H,1H3. The van der Waals surface area contributed by atoms with E-state index in [2.05, 4.69) is 11.8 Å². The molecule has 0 heterocycles. The normalized spacial score (nSPS) is 9.65. The highest BCUT2D eigenvalue weighted by Gasteiger charge is 2.08. The second-order valence-electron chi connectivity index (χ2n) is 4.03. The van der Waals surface area contributed by atoms with Crippen molar-refractivity contribution in [3.63, 3.8) is 0 Å². The van der Waals surface area contributed by atoms with Crippen LogP contribution in [0.1, 0.15) is 11.1 Å². The van der Waals surface area contributed by atoms with E-state index in [1.54, 1.807) is 0 Å². The van der Waals surface area contributed by atoms with Gasteiger partial charge >= 0.3 is 0 Å². The molecule has 20 heavy (non-hydrogen) atoms. The van der Waals surface area contributed by atoms with E-state index in [-0.39, 0.29) is 28.7 Å². The minimum Gasteiger partial charge on any atom is -0.508 e. The first-order valence-electron chi connectivity index (χ1n) is 5.64. The molecule has 0 fully saturated rings. The third-order valence-corrected chi connectivity index (χ3v) is 2.53. The fraction of sp³-hybridized carbons (Fsp3) is 0.0667. The lowest BCUT2D eigenvalue weighted by Crippen LogP contribution is -1.86. The molecule has 0 saturated carbocycles. The molecule has 5 nitrogen and oxygen atoms in total. The van der Waals surface area contributed by atoms with E-state index >= 15 is 0 Å². The van der Waals surface area contributed by atoms with E-state index in [0.29, 0.717) is 11.1 Å². The molecule has 2 rings (SSSR count). The molecule has 0 aliphatic heterocycles. The summed E-state index contributed by atoms with van der Waals surface area (Å²) in [7, 11) is 1.36. The minimum absolute atomic E-state index is 0.0968. The third-order valence-electron chi connectivity index (χ3n) is 2.53. The molecule has 2 aromatic rings. The first kappa shape index (κ1) is 13.4. The number of aromatic hydroxyl groups is 4. The van der Waals surface area contributed by atoms with E-state index in [1.807, 2.05) is 0 Å². The number of methoxy groups -OCH3 is 1. The molecule has 0 unspecified atom stereocenters. The average molecular weight is 272 g/mol. The molecule has 4 N–H and O–H groups in total. The molecule has 0 aliphatic carbocycles. The van der Waals surface area contributed by atoms with Crippen LogP contribution in [0.4, 0.5) is 0 Å². The molecule has 0 aromatic heterocycles. The van der Waals surface area contributed by atoms with Crippen LogP contribution in [0.2, 0.25) is 0 Å². The molecule has 0 atom stereocenters. The lowest BCUT2D eigenvalue weighted by Gasteiger charge is -2.05. The highest BCUT2D eigenvalue weighted by atomic mass is 16.5. The molecular formula is C15H12O5. The van der Waals surface area contributed by atoms with Gasteiger partial charge in [0.1, 0.15) is 11.5 Å². The molecule has 0 aliphatic rings. The second kappa shape index (κ2) is 5.33. The Morgan fingerprint density at radius 3 is 1.90 bits per heavy atom. The van der Waals surface area contributed by atoms with Gasteiger partial charge in [0.2, 0.25) is 5.75 Å². The van der Waals surface area contributed by atoms with Crippen LogP contribution < -0.4 is 4.74 Å². The Balaban J connectivity index is 2.40. The summed E-state index contributed by atoms with van der Waals surface area (Å²) in [5.41, 5.74) is 0.828. The van der Waals surface area contributed by atoms with Crippen LogP contribution in [0.3, 0.4) is 0 Å². The maximum Gasteiger partial charge on any atom is 0.200 e. The summed E-state index contributed by atoms with van der Waals surface area (Å²) in [4.78, 5) is 0. The summed E-state index contributed by atoms with van der Waals surface area (Å²) >= 11 is 0. The van der Waals surface area contributed by atoms with E-state index < -0.39 is 0 Å². The second-order valence-corrected chi connectivity index (χ2v) is 4.03. The SMILES string of the molecule is COc1cc(C#Cc2cc(O)cc(O)c2)cc(O)c1O. The number of hydrogen-bond donors (Lipinski definition) is 4. The van der Waals surface area contributed by atoms with Gasteiger partial charge in [-0.25, -0.2) is 0 Å². The number of hydrogen-bond acceptors (Lipinski definition) is 5. The van der Waals surface area contributed by atoms with Crippen molar-refractivity contribution in [3.05, 3.63) is 41.5 Å². The number of phenolic OH excluding ortho intramolecular Hbond substituents is 4. The topological polar surface area (TPSA) is 90.2 Å². The molecule has 0 amide bonds. The number of ether oxygens (including phenoxy) is 1. The molecule has 0 bridgehead atoms. The van der Waals surface area contributed by atoms with Gasteiger partial charge < -0.3 is 25.2 Å². The number of phenols is 4.